The Kier molecular flexibility index (Phi) is 11.6. The van der Waals surface area contributed by atoms with Gasteiger partial charge in [-0.25, -0.2) is 0 Å². The molecule has 0 radical (unpaired) electrons. The van der Waals surface area contributed by atoms with Gasteiger partial charge in [0.15, 0.2) is 0 Å². The summed E-state index contributed by atoms with van der Waals surface area (Å²) in [4.78, 5) is 41.6. The lowest BCUT2D eigenvalue weighted by Crippen LogP contribution is -2.42. The number of rotatable bonds is 14. The molecular weight excluding hydrogens is 526 g/mol. The van der Waals surface area contributed by atoms with E-state index in [1.807, 2.05) is 54.0 Å². The van der Waals surface area contributed by atoms with Crippen LogP contribution in [0.3, 0.4) is 0 Å². The van der Waals surface area contributed by atoms with Crippen LogP contribution in [0, 0.1) is 5.92 Å². The number of hydrogen-bond acceptors (Lipinski definition) is 4. The maximum Gasteiger partial charge on any atom is 0.268 e. The van der Waals surface area contributed by atoms with Crippen LogP contribution in [0.5, 0.6) is 0 Å². The van der Waals surface area contributed by atoms with Gasteiger partial charge >= 0.3 is 0 Å². The highest BCUT2D eigenvalue weighted by Gasteiger charge is 2.28. The standard InChI is InChI=1S/C34H47N5O3/c1-3-25-12-11-14-29(22-25)38(4-2)32(40)24-39-30-15-8-7-13-27(30)23-31(39)34(42)37-28-18-16-26(17-19-28)33(41)36-21-10-6-5-9-20-35/h7-8,11-15,22-23,26,28H,3-6,9-10,16-21,24,35H2,1-2H3,(H,36,41)(H,37,42)/t26-,28-. The van der Waals surface area contributed by atoms with Gasteiger partial charge in [0.25, 0.3) is 5.91 Å². The molecule has 0 unspecified atom stereocenters. The van der Waals surface area contributed by atoms with Crippen molar-refractivity contribution >= 4 is 34.3 Å². The molecular formula is C34H47N5O3. The van der Waals surface area contributed by atoms with E-state index in [-0.39, 0.29) is 36.2 Å². The number of para-hydroxylation sites is 1. The lowest BCUT2D eigenvalue weighted by molar-refractivity contribution is -0.126. The Labute approximate surface area is 250 Å². The number of amides is 3. The first-order valence-electron chi connectivity index (χ1n) is 15.7. The zero-order valence-electron chi connectivity index (χ0n) is 25.2. The Morgan fingerprint density at radius 1 is 0.929 bits per heavy atom. The summed E-state index contributed by atoms with van der Waals surface area (Å²) in [5.74, 6) is -0.118. The van der Waals surface area contributed by atoms with Gasteiger partial charge in [0, 0.05) is 41.6 Å². The Hall–Kier alpha value is -3.65. The third-order valence-electron chi connectivity index (χ3n) is 8.45. The van der Waals surface area contributed by atoms with Gasteiger partial charge in [-0.2, -0.15) is 0 Å². The first-order chi connectivity index (χ1) is 20.4. The number of carbonyl (C=O) groups is 3. The molecule has 8 nitrogen and oxygen atoms in total. The van der Waals surface area contributed by atoms with Crippen LogP contribution in [-0.2, 0) is 22.6 Å². The van der Waals surface area contributed by atoms with E-state index < -0.39 is 0 Å². The molecule has 3 amide bonds. The Morgan fingerprint density at radius 3 is 2.43 bits per heavy atom. The van der Waals surface area contributed by atoms with Crippen LogP contribution in [0.2, 0.25) is 0 Å². The van der Waals surface area contributed by atoms with E-state index in [4.69, 9.17) is 5.73 Å². The number of hydrogen-bond donors (Lipinski definition) is 3. The maximum absolute atomic E-state index is 13.6. The van der Waals surface area contributed by atoms with Crippen molar-refractivity contribution in [3.8, 4) is 0 Å². The fourth-order valence-corrected chi connectivity index (χ4v) is 5.97. The summed E-state index contributed by atoms with van der Waals surface area (Å²) in [6, 6.07) is 17.7. The first-order valence-corrected chi connectivity index (χ1v) is 15.7. The van der Waals surface area contributed by atoms with E-state index in [1.165, 1.54) is 5.56 Å². The molecule has 1 aliphatic carbocycles. The van der Waals surface area contributed by atoms with Crippen molar-refractivity contribution in [2.45, 2.75) is 84.2 Å². The minimum Gasteiger partial charge on any atom is -0.356 e. The van der Waals surface area contributed by atoms with Crippen molar-refractivity contribution < 1.29 is 14.4 Å². The summed E-state index contributed by atoms with van der Waals surface area (Å²) in [6.07, 6.45) is 8.14. The monoisotopic (exact) mass is 573 g/mol. The average molecular weight is 574 g/mol. The molecule has 0 atom stereocenters. The Morgan fingerprint density at radius 2 is 1.69 bits per heavy atom. The number of nitrogens with one attached hydrogen (secondary N) is 2. The summed E-state index contributed by atoms with van der Waals surface area (Å²) in [6.45, 7) is 6.11. The smallest absolute Gasteiger partial charge is 0.268 e. The number of nitrogens with two attached hydrogens (primary N) is 1. The fraction of sp³-hybridized carbons (Fsp3) is 0.500. The van der Waals surface area contributed by atoms with E-state index in [9.17, 15) is 14.4 Å². The molecule has 42 heavy (non-hydrogen) atoms. The van der Waals surface area contributed by atoms with Crippen LogP contribution in [0.15, 0.2) is 54.6 Å². The number of fused-ring (bicyclic) bond motifs is 1. The third-order valence-corrected chi connectivity index (χ3v) is 8.45. The van der Waals surface area contributed by atoms with Crippen LogP contribution < -0.4 is 21.3 Å². The lowest BCUT2D eigenvalue weighted by atomic mass is 9.85. The second kappa shape index (κ2) is 15.5. The molecule has 3 aromatic rings. The number of aryl methyl sites for hydroxylation is 1. The van der Waals surface area contributed by atoms with E-state index in [2.05, 4.69) is 29.7 Å². The molecule has 1 aromatic heterocycles. The van der Waals surface area contributed by atoms with Crippen molar-refractivity contribution in [2.75, 3.05) is 24.5 Å². The number of nitrogens with zero attached hydrogens (tertiary/aromatic N) is 2. The molecule has 4 rings (SSSR count). The highest BCUT2D eigenvalue weighted by atomic mass is 16.2. The zero-order chi connectivity index (χ0) is 29.9. The van der Waals surface area contributed by atoms with Gasteiger partial charge in [0.2, 0.25) is 11.8 Å². The van der Waals surface area contributed by atoms with Crippen molar-refractivity contribution in [2.24, 2.45) is 11.7 Å². The first kappa shape index (κ1) is 31.3. The highest BCUT2D eigenvalue weighted by Crippen LogP contribution is 2.26. The molecule has 8 heteroatoms. The van der Waals surface area contributed by atoms with Gasteiger partial charge in [-0.15, -0.1) is 0 Å². The molecule has 0 aliphatic heterocycles. The molecule has 4 N–H and O–H groups in total. The second-order valence-corrected chi connectivity index (χ2v) is 11.4. The van der Waals surface area contributed by atoms with Crippen molar-refractivity contribution in [3.05, 3.63) is 65.9 Å². The summed E-state index contributed by atoms with van der Waals surface area (Å²) in [5, 5.41) is 7.22. The average Bonchev–Trinajstić information content (AvgIpc) is 3.38. The zero-order valence-corrected chi connectivity index (χ0v) is 25.2. The van der Waals surface area contributed by atoms with Gasteiger partial charge in [0.05, 0.1) is 0 Å². The number of anilines is 1. The molecule has 2 aromatic carbocycles. The molecule has 226 valence electrons. The number of unbranched alkanes of at least 4 members (excludes halogenated alkanes) is 3. The van der Waals surface area contributed by atoms with Gasteiger partial charge in [-0.05, 0) is 88.2 Å². The molecule has 1 aliphatic rings. The molecule has 1 fully saturated rings. The van der Waals surface area contributed by atoms with Crippen LogP contribution in [0.4, 0.5) is 5.69 Å². The third kappa shape index (κ3) is 8.00. The summed E-state index contributed by atoms with van der Waals surface area (Å²) in [7, 11) is 0. The summed E-state index contributed by atoms with van der Waals surface area (Å²) >= 11 is 0. The summed E-state index contributed by atoms with van der Waals surface area (Å²) < 4.78 is 1.84. The quantitative estimate of drug-likeness (QED) is 0.231. The molecule has 0 saturated heterocycles. The van der Waals surface area contributed by atoms with Gasteiger partial charge in [-0.1, -0.05) is 50.1 Å². The predicted molar refractivity (Wildman–Crippen MR) is 170 cm³/mol. The van der Waals surface area contributed by atoms with Crippen molar-refractivity contribution in [1.29, 1.82) is 0 Å². The van der Waals surface area contributed by atoms with Gasteiger partial charge in [-0.3, -0.25) is 14.4 Å². The molecule has 0 bridgehead atoms. The molecule has 1 heterocycles. The summed E-state index contributed by atoms with van der Waals surface area (Å²) in [5.41, 5.74) is 8.93. The Bertz CT molecular complexity index is 1340. The number of likely N-dealkylation sites (N-methyl/N-ethyl adjacent to an activating group) is 1. The highest BCUT2D eigenvalue weighted by molar-refractivity contribution is 6.01. The minimum atomic E-state index is -0.180. The van der Waals surface area contributed by atoms with Crippen molar-refractivity contribution in [3.63, 3.8) is 0 Å². The second-order valence-electron chi connectivity index (χ2n) is 11.4. The van der Waals surface area contributed by atoms with E-state index in [1.54, 1.807) is 4.90 Å². The predicted octanol–water partition coefficient (Wildman–Crippen LogP) is 5.18. The van der Waals surface area contributed by atoms with E-state index in [0.717, 1.165) is 80.9 Å². The molecule has 0 spiro atoms. The molecule has 1 saturated carbocycles. The number of aromatic nitrogens is 1. The topological polar surface area (TPSA) is 109 Å². The number of benzene rings is 2. The minimum absolute atomic E-state index is 0.00231. The van der Waals surface area contributed by atoms with Crippen LogP contribution in [0.25, 0.3) is 10.9 Å². The normalized spacial score (nSPS) is 16.7. The Balaban J connectivity index is 1.38. The fourth-order valence-electron chi connectivity index (χ4n) is 5.97. The number of carbonyl (C=O) groups excluding carboxylic acids is 3. The van der Waals surface area contributed by atoms with E-state index >= 15 is 0 Å². The van der Waals surface area contributed by atoms with Crippen molar-refractivity contribution in [1.82, 2.24) is 15.2 Å². The van der Waals surface area contributed by atoms with Gasteiger partial charge < -0.3 is 25.8 Å². The van der Waals surface area contributed by atoms with Gasteiger partial charge in [0.1, 0.15) is 12.2 Å². The van der Waals surface area contributed by atoms with Crippen LogP contribution in [0.1, 0.15) is 81.3 Å². The van der Waals surface area contributed by atoms with Crippen LogP contribution in [-0.4, -0.2) is 48.0 Å². The van der Waals surface area contributed by atoms with E-state index in [0.29, 0.717) is 18.8 Å². The SMILES string of the molecule is CCc1cccc(N(CC)C(=O)Cn2c(C(=O)N[C@H]3CC[C@H](C(=O)NCCCCCCN)CC3)cc3ccccc32)c1. The lowest BCUT2D eigenvalue weighted by Gasteiger charge is -2.28. The van der Waals surface area contributed by atoms with Crippen LogP contribution >= 0.6 is 0 Å². The maximum atomic E-state index is 13.6. The largest absolute Gasteiger partial charge is 0.356 e.